The number of halogens is 2. The van der Waals surface area contributed by atoms with E-state index in [9.17, 15) is 8.78 Å². The van der Waals surface area contributed by atoms with E-state index in [0.29, 0.717) is 18.0 Å². The number of nitrogens with zero attached hydrogens (tertiary/aromatic N) is 2. The molecular weight excluding hydrogens is 260 g/mol. The van der Waals surface area contributed by atoms with Gasteiger partial charge in [-0.3, -0.25) is 4.68 Å². The molecule has 20 heavy (non-hydrogen) atoms. The summed E-state index contributed by atoms with van der Waals surface area (Å²) in [6, 6.07) is 6.06. The predicted molar refractivity (Wildman–Crippen MR) is 74.2 cm³/mol. The highest BCUT2D eigenvalue weighted by molar-refractivity contribution is 5.19. The third-order valence-corrected chi connectivity index (χ3v) is 2.92. The Balaban J connectivity index is 1.97. The minimum atomic E-state index is -0.825. The summed E-state index contributed by atoms with van der Waals surface area (Å²) in [7, 11) is 0. The monoisotopic (exact) mass is 279 g/mol. The van der Waals surface area contributed by atoms with E-state index in [4.69, 9.17) is 0 Å². The van der Waals surface area contributed by atoms with E-state index in [1.165, 1.54) is 6.07 Å². The minimum Gasteiger partial charge on any atom is -0.311 e. The summed E-state index contributed by atoms with van der Waals surface area (Å²) in [5.41, 5.74) is 1.19. The molecule has 0 amide bonds. The van der Waals surface area contributed by atoms with Crippen LogP contribution in [0.15, 0.2) is 30.5 Å². The molecule has 1 aromatic heterocycles. The highest BCUT2D eigenvalue weighted by Gasteiger charge is 2.08. The lowest BCUT2D eigenvalue weighted by atomic mass is 10.2. The quantitative estimate of drug-likeness (QED) is 0.881. The predicted octanol–water partition coefficient (Wildman–Crippen LogP) is 2.96. The molecule has 0 saturated carbocycles. The summed E-state index contributed by atoms with van der Waals surface area (Å²) in [4.78, 5) is 0. The topological polar surface area (TPSA) is 29.9 Å². The Hall–Kier alpha value is -1.75. The lowest BCUT2D eigenvalue weighted by Gasteiger charge is -2.06. The van der Waals surface area contributed by atoms with E-state index in [-0.39, 0.29) is 6.54 Å². The van der Waals surface area contributed by atoms with Crippen molar-refractivity contribution in [1.82, 2.24) is 15.1 Å². The molecule has 0 atom stereocenters. The van der Waals surface area contributed by atoms with Crippen LogP contribution < -0.4 is 5.32 Å². The molecule has 0 radical (unpaired) electrons. The van der Waals surface area contributed by atoms with E-state index in [2.05, 4.69) is 24.3 Å². The molecule has 1 heterocycles. The van der Waals surface area contributed by atoms with E-state index in [1.54, 1.807) is 16.9 Å². The maximum absolute atomic E-state index is 13.6. The Morgan fingerprint density at radius 2 is 2.05 bits per heavy atom. The summed E-state index contributed by atoms with van der Waals surface area (Å²) in [5.74, 6) is -1.05. The normalized spacial score (nSPS) is 11.2. The first-order chi connectivity index (χ1) is 9.56. The summed E-state index contributed by atoms with van der Waals surface area (Å²) in [6.07, 6.45) is 1.77. The summed E-state index contributed by atoms with van der Waals surface area (Å²) < 4.78 is 28.3. The van der Waals surface area contributed by atoms with Crippen LogP contribution in [0.5, 0.6) is 0 Å². The molecule has 0 aliphatic heterocycles. The standard InChI is InChI=1S/C15H19F2N3/c1-11(2)8-18-9-13-6-7-20(19-13)10-12-4-3-5-14(16)15(12)17/h3-7,11,18H,8-10H2,1-2H3. The fourth-order valence-electron chi connectivity index (χ4n) is 1.92. The Kier molecular flexibility index (Phi) is 4.84. The third kappa shape index (κ3) is 3.87. The lowest BCUT2D eigenvalue weighted by Crippen LogP contribution is -2.19. The van der Waals surface area contributed by atoms with Gasteiger partial charge in [-0.25, -0.2) is 8.78 Å². The van der Waals surface area contributed by atoms with Crippen LogP contribution >= 0.6 is 0 Å². The maximum atomic E-state index is 13.6. The van der Waals surface area contributed by atoms with Crippen molar-refractivity contribution < 1.29 is 8.78 Å². The molecule has 0 aliphatic rings. The second-order valence-electron chi connectivity index (χ2n) is 5.24. The molecule has 2 aromatic rings. The average molecular weight is 279 g/mol. The van der Waals surface area contributed by atoms with E-state index in [0.717, 1.165) is 18.3 Å². The molecule has 5 heteroatoms. The van der Waals surface area contributed by atoms with Crippen molar-refractivity contribution >= 4 is 0 Å². The van der Waals surface area contributed by atoms with Crippen LogP contribution in [0.1, 0.15) is 25.1 Å². The Bertz CT molecular complexity index is 564. The van der Waals surface area contributed by atoms with Crippen LogP contribution in [0.3, 0.4) is 0 Å². The van der Waals surface area contributed by atoms with Crippen molar-refractivity contribution in [2.45, 2.75) is 26.9 Å². The second-order valence-corrected chi connectivity index (χ2v) is 5.24. The van der Waals surface area contributed by atoms with Crippen molar-refractivity contribution in [3.8, 4) is 0 Å². The Morgan fingerprint density at radius 1 is 1.25 bits per heavy atom. The SMILES string of the molecule is CC(C)CNCc1ccn(Cc2cccc(F)c2F)n1. The van der Waals surface area contributed by atoms with Gasteiger partial charge in [0.15, 0.2) is 11.6 Å². The number of rotatable bonds is 6. The minimum absolute atomic E-state index is 0.230. The summed E-state index contributed by atoms with van der Waals surface area (Å²) >= 11 is 0. The van der Waals surface area contributed by atoms with Gasteiger partial charge in [-0.2, -0.15) is 5.10 Å². The van der Waals surface area contributed by atoms with Crippen LogP contribution in [-0.4, -0.2) is 16.3 Å². The zero-order valence-corrected chi connectivity index (χ0v) is 11.7. The van der Waals surface area contributed by atoms with Gasteiger partial charge in [0.05, 0.1) is 12.2 Å². The summed E-state index contributed by atoms with van der Waals surface area (Å²) in [5, 5.41) is 7.63. The smallest absolute Gasteiger partial charge is 0.163 e. The Labute approximate surface area is 117 Å². The third-order valence-electron chi connectivity index (χ3n) is 2.92. The molecule has 3 nitrogen and oxygen atoms in total. The molecule has 0 bridgehead atoms. The van der Waals surface area contributed by atoms with Crippen molar-refractivity contribution in [3.05, 3.63) is 53.4 Å². The van der Waals surface area contributed by atoms with Crippen molar-refractivity contribution in [2.24, 2.45) is 5.92 Å². The average Bonchev–Trinajstić information content (AvgIpc) is 2.82. The number of aromatic nitrogens is 2. The first-order valence-electron chi connectivity index (χ1n) is 6.72. The molecule has 0 unspecified atom stereocenters. The van der Waals surface area contributed by atoms with Gasteiger partial charge in [-0.15, -0.1) is 0 Å². The molecule has 0 spiro atoms. The maximum Gasteiger partial charge on any atom is 0.163 e. The van der Waals surface area contributed by atoms with Crippen LogP contribution in [-0.2, 0) is 13.1 Å². The zero-order valence-electron chi connectivity index (χ0n) is 11.7. The van der Waals surface area contributed by atoms with Gasteiger partial charge in [0, 0.05) is 18.3 Å². The molecule has 0 saturated heterocycles. The second kappa shape index (κ2) is 6.61. The van der Waals surface area contributed by atoms with Crippen LogP contribution in [0.25, 0.3) is 0 Å². The van der Waals surface area contributed by atoms with Gasteiger partial charge >= 0.3 is 0 Å². The van der Waals surface area contributed by atoms with Crippen molar-refractivity contribution in [1.29, 1.82) is 0 Å². The molecule has 2 rings (SSSR count). The van der Waals surface area contributed by atoms with Crippen LogP contribution in [0, 0.1) is 17.6 Å². The zero-order chi connectivity index (χ0) is 14.5. The number of hydrogen-bond acceptors (Lipinski definition) is 2. The molecule has 108 valence electrons. The van der Waals surface area contributed by atoms with Gasteiger partial charge in [-0.1, -0.05) is 26.0 Å². The van der Waals surface area contributed by atoms with E-state index < -0.39 is 11.6 Å². The first kappa shape index (κ1) is 14.7. The number of nitrogens with one attached hydrogen (secondary N) is 1. The summed E-state index contributed by atoms with van der Waals surface area (Å²) in [6.45, 7) is 6.10. The van der Waals surface area contributed by atoms with Crippen LogP contribution in [0.2, 0.25) is 0 Å². The number of benzene rings is 1. The van der Waals surface area contributed by atoms with E-state index >= 15 is 0 Å². The molecule has 1 aromatic carbocycles. The van der Waals surface area contributed by atoms with Crippen molar-refractivity contribution in [3.63, 3.8) is 0 Å². The number of hydrogen-bond donors (Lipinski definition) is 1. The molecular formula is C15H19F2N3. The van der Waals surface area contributed by atoms with Crippen molar-refractivity contribution in [2.75, 3.05) is 6.54 Å². The first-order valence-corrected chi connectivity index (χ1v) is 6.72. The highest BCUT2D eigenvalue weighted by atomic mass is 19.2. The van der Waals surface area contributed by atoms with E-state index in [1.807, 2.05) is 6.07 Å². The van der Waals surface area contributed by atoms with Gasteiger partial charge in [-0.05, 0) is 24.6 Å². The molecule has 0 aliphatic carbocycles. The lowest BCUT2D eigenvalue weighted by molar-refractivity contribution is 0.490. The van der Waals surface area contributed by atoms with Gasteiger partial charge in [0.2, 0.25) is 0 Å². The fourth-order valence-corrected chi connectivity index (χ4v) is 1.92. The Morgan fingerprint density at radius 3 is 2.80 bits per heavy atom. The fraction of sp³-hybridized carbons (Fsp3) is 0.400. The molecule has 0 fully saturated rings. The van der Waals surface area contributed by atoms with Gasteiger partial charge < -0.3 is 5.32 Å². The van der Waals surface area contributed by atoms with Gasteiger partial charge in [0.1, 0.15) is 0 Å². The highest BCUT2D eigenvalue weighted by Crippen LogP contribution is 2.12. The van der Waals surface area contributed by atoms with Gasteiger partial charge in [0.25, 0.3) is 0 Å². The van der Waals surface area contributed by atoms with Crippen LogP contribution in [0.4, 0.5) is 8.78 Å². The largest absolute Gasteiger partial charge is 0.311 e. The molecule has 1 N–H and O–H groups in total.